The summed E-state index contributed by atoms with van der Waals surface area (Å²) in [7, 11) is 0. The zero-order chi connectivity index (χ0) is 22.5. The number of hydrogen-bond donors (Lipinski definition) is 0. The fourth-order valence-electron chi connectivity index (χ4n) is 3.95. The fraction of sp³-hybridized carbons (Fsp3) is 0.462. The molecule has 0 N–H and O–H groups in total. The van der Waals surface area contributed by atoms with Crippen LogP contribution in [0.1, 0.15) is 50.3 Å². The minimum absolute atomic E-state index is 0.191. The molecule has 1 heterocycles. The number of likely N-dealkylation sites (tertiary alicyclic amines) is 1. The first-order chi connectivity index (χ1) is 14.7. The second kappa shape index (κ2) is 9.54. The van der Waals surface area contributed by atoms with E-state index in [-0.39, 0.29) is 18.7 Å². The summed E-state index contributed by atoms with van der Waals surface area (Å²) < 4.78 is 11.3. The first-order valence-corrected chi connectivity index (χ1v) is 10.9. The molecule has 0 aromatic heterocycles. The number of rotatable bonds is 5. The zero-order valence-corrected chi connectivity index (χ0v) is 19.0. The van der Waals surface area contributed by atoms with Gasteiger partial charge in [-0.25, -0.2) is 4.79 Å². The van der Waals surface area contributed by atoms with Crippen LogP contribution in [0.5, 0.6) is 0 Å². The number of amides is 1. The molecule has 3 rings (SSSR count). The summed E-state index contributed by atoms with van der Waals surface area (Å²) in [5, 5.41) is 0. The van der Waals surface area contributed by atoms with Gasteiger partial charge in [0.2, 0.25) is 0 Å². The zero-order valence-electron chi connectivity index (χ0n) is 19.0. The van der Waals surface area contributed by atoms with Gasteiger partial charge in [0.1, 0.15) is 12.2 Å². The molecule has 0 bridgehead atoms. The molecule has 1 aliphatic heterocycles. The molecular formula is C26H33NO4. The molecule has 0 aliphatic carbocycles. The summed E-state index contributed by atoms with van der Waals surface area (Å²) in [6, 6.07) is 17.9. The Kier molecular flexibility index (Phi) is 7.04. The third-order valence-electron chi connectivity index (χ3n) is 5.81. The number of aryl methyl sites for hydroxylation is 1. The highest BCUT2D eigenvalue weighted by Gasteiger charge is 2.44. The summed E-state index contributed by atoms with van der Waals surface area (Å²) in [5.41, 5.74) is 2.08. The van der Waals surface area contributed by atoms with Crippen molar-refractivity contribution in [1.82, 2.24) is 4.90 Å². The molecule has 2 aromatic carbocycles. The Bertz CT molecular complexity index is 893. The third-order valence-corrected chi connectivity index (χ3v) is 5.81. The minimum Gasteiger partial charge on any atom is -0.460 e. The van der Waals surface area contributed by atoms with Crippen molar-refractivity contribution in [2.24, 2.45) is 5.41 Å². The smallest absolute Gasteiger partial charge is 0.410 e. The van der Waals surface area contributed by atoms with Gasteiger partial charge in [-0.2, -0.15) is 0 Å². The van der Waals surface area contributed by atoms with Crippen LogP contribution in [-0.2, 0) is 27.3 Å². The molecule has 0 saturated carbocycles. The normalized spacial score (nSPS) is 15.9. The number of carbonyl (C=O) groups is 2. The highest BCUT2D eigenvalue weighted by Crippen LogP contribution is 2.38. The Morgan fingerprint density at radius 1 is 0.968 bits per heavy atom. The topological polar surface area (TPSA) is 55.8 Å². The van der Waals surface area contributed by atoms with Gasteiger partial charge in [0, 0.05) is 13.1 Å². The van der Waals surface area contributed by atoms with Gasteiger partial charge in [0.25, 0.3) is 0 Å². The summed E-state index contributed by atoms with van der Waals surface area (Å²) in [6.07, 6.45) is 1.38. The molecule has 0 unspecified atom stereocenters. The maximum absolute atomic E-state index is 13.4. The van der Waals surface area contributed by atoms with Gasteiger partial charge in [0.05, 0.1) is 5.41 Å². The summed E-state index contributed by atoms with van der Waals surface area (Å²) in [6.45, 7) is 8.84. The second-order valence-corrected chi connectivity index (χ2v) is 9.41. The van der Waals surface area contributed by atoms with Crippen LogP contribution in [0.15, 0.2) is 54.6 Å². The quantitative estimate of drug-likeness (QED) is 0.613. The molecule has 2 aromatic rings. The van der Waals surface area contributed by atoms with Crippen molar-refractivity contribution in [2.75, 3.05) is 13.1 Å². The van der Waals surface area contributed by atoms with Crippen molar-refractivity contribution in [3.63, 3.8) is 0 Å². The summed E-state index contributed by atoms with van der Waals surface area (Å²) in [4.78, 5) is 27.6. The van der Waals surface area contributed by atoms with E-state index in [0.717, 1.165) is 16.7 Å². The first-order valence-electron chi connectivity index (χ1n) is 10.9. The number of carbonyl (C=O) groups excluding carboxylic acids is 2. The van der Waals surface area contributed by atoms with Crippen LogP contribution >= 0.6 is 0 Å². The summed E-state index contributed by atoms with van der Waals surface area (Å²) >= 11 is 0. The van der Waals surface area contributed by atoms with Gasteiger partial charge < -0.3 is 14.4 Å². The standard InChI is InChI=1S/C26H33NO4/c1-20-10-8-9-13-22(20)18-26(23(28)30-19-21-11-6-5-7-12-21)14-16-27(17-15-26)24(29)31-25(2,3)4/h5-13H,14-19H2,1-4H3. The first kappa shape index (κ1) is 22.9. The Morgan fingerprint density at radius 2 is 1.58 bits per heavy atom. The van der Waals surface area contributed by atoms with Gasteiger partial charge in [-0.05, 0) is 63.6 Å². The van der Waals surface area contributed by atoms with Crippen molar-refractivity contribution in [3.05, 3.63) is 71.3 Å². The monoisotopic (exact) mass is 423 g/mol. The Balaban J connectivity index is 1.75. The van der Waals surface area contributed by atoms with E-state index >= 15 is 0 Å². The molecule has 5 heteroatoms. The van der Waals surface area contributed by atoms with Gasteiger partial charge in [0.15, 0.2) is 0 Å². The van der Waals surface area contributed by atoms with Gasteiger partial charge >= 0.3 is 12.1 Å². The van der Waals surface area contributed by atoms with Gasteiger partial charge in [-0.1, -0.05) is 54.6 Å². The molecular weight excluding hydrogens is 390 g/mol. The van der Waals surface area contributed by atoms with E-state index in [4.69, 9.17) is 9.47 Å². The van der Waals surface area contributed by atoms with E-state index in [1.54, 1.807) is 4.90 Å². The van der Waals surface area contributed by atoms with Crippen molar-refractivity contribution < 1.29 is 19.1 Å². The molecule has 1 fully saturated rings. The number of piperidine rings is 1. The van der Waals surface area contributed by atoms with Crippen LogP contribution in [0, 0.1) is 12.3 Å². The SMILES string of the molecule is Cc1ccccc1CC1(C(=O)OCc2ccccc2)CCN(C(=O)OC(C)(C)C)CC1. The lowest BCUT2D eigenvalue weighted by molar-refractivity contribution is -0.160. The van der Waals surface area contributed by atoms with Crippen LogP contribution in [-0.4, -0.2) is 35.7 Å². The van der Waals surface area contributed by atoms with Crippen molar-refractivity contribution in [1.29, 1.82) is 0 Å². The van der Waals surface area contributed by atoms with Crippen LogP contribution in [0.3, 0.4) is 0 Å². The van der Waals surface area contributed by atoms with Gasteiger partial charge in [-0.3, -0.25) is 4.79 Å². The number of esters is 1. The molecule has 0 spiro atoms. The number of benzene rings is 2. The lowest BCUT2D eigenvalue weighted by atomic mass is 9.73. The largest absolute Gasteiger partial charge is 0.460 e. The molecule has 166 valence electrons. The Labute approximate surface area is 185 Å². The Morgan fingerprint density at radius 3 is 2.19 bits per heavy atom. The van der Waals surface area contributed by atoms with E-state index in [0.29, 0.717) is 32.4 Å². The molecule has 5 nitrogen and oxygen atoms in total. The van der Waals surface area contributed by atoms with Crippen LogP contribution in [0.2, 0.25) is 0 Å². The summed E-state index contributed by atoms with van der Waals surface area (Å²) in [5.74, 6) is -0.191. The van der Waals surface area contributed by atoms with E-state index in [9.17, 15) is 9.59 Å². The molecule has 1 amide bonds. The predicted molar refractivity (Wildman–Crippen MR) is 121 cm³/mol. The molecule has 0 atom stereocenters. The Hall–Kier alpha value is -2.82. The highest BCUT2D eigenvalue weighted by atomic mass is 16.6. The molecule has 31 heavy (non-hydrogen) atoms. The van der Waals surface area contributed by atoms with E-state index in [2.05, 4.69) is 19.1 Å². The van der Waals surface area contributed by atoms with Crippen LogP contribution in [0.4, 0.5) is 4.79 Å². The lowest BCUT2D eigenvalue weighted by Gasteiger charge is -2.40. The van der Waals surface area contributed by atoms with Crippen LogP contribution in [0.25, 0.3) is 0 Å². The number of nitrogens with zero attached hydrogens (tertiary/aromatic N) is 1. The van der Waals surface area contributed by atoms with E-state index in [1.165, 1.54) is 0 Å². The van der Waals surface area contributed by atoms with Gasteiger partial charge in [-0.15, -0.1) is 0 Å². The van der Waals surface area contributed by atoms with Crippen LogP contribution < -0.4 is 0 Å². The predicted octanol–water partition coefficient (Wildman–Crippen LogP) is 5.30. The maximum Gasteiger partial charge on any atom is 0.410 e. The van der Waals surface area contributed by atoms with Crippen molar-refractivity contribution in [3.8, 4) is 0 Å². The average molecular weight is 424 g/mol. The van der Waals surface area contributed by atoms with E-state index in [1.807, 2.05) is 63.2 Å². The third kappa shape index (κ3) is 6.09. The number of ether oxygens (including phenoxy) is 2. The molecule has 1 aliphatic rings. The lowest BCUT2D eigenvalue weighted by Crippen LogP contribution is -2.49. The molecule has 0 radical (unpaired) electrons. The van der Waals surface area contributed by atoms with Crippen molar-refractivity contribution >= 4 is 12.1 Å². The molecule has 1 saturated heterocycles. The van der Waals surface area contributed by atoms with Crippen molar-refractivity contribution in [2.45, 2.75) is 59.2 Å². The highest BCUT2D eigenvalue weighted by molar-refractivity contribution is 5.78. The second-order valence-electron chi connectivity index (χ2n) is 9.41. The number of hydrogen-bond acceptors (Lipinski definition) is 4. The minimum atomic E-state index is -0.653. The fourth-order valence-corrected chi connectivity index (χ4v) is 3.95. The average Bonchev–Trinajstić information content (AvgIpc) is 2.73. The van der Waals surface area contributed by atoms with E-state index < -0.39 is 11.0 Å². The maximum atomic E-state index is 13.4.